The first-order valence-electron chi connectivity index (χ1n) is 4.60. The highest BCUT2D eigenvalue weighted by Gasteiger charge is 2.11. The van der Waals surface area contributed by atoms with Gasteiger partial charge >= 0.3 is 0 Å². The van der Waals surface area contributed by atoms with E-state index in [4.69, 9.17) is 9.52 Å². The summed E-state index contributed by atoms with van der Waals surface area (Å²) < 4.78 is 5.16. The third-order valence-electron chi connectivity index (χ3n) is 2.12. The zero-order chi connectivity index (χ0) is 9.68. The molecule has 2 N–H and O–H groups in total. The molecular formula is C10H17NO2. The van der Waals surface area contributed by atoms with Crippen LogP contribution in [-0.2, 0) is 6.54 Å². The number of nitrogens with one attached hydrogen (secondary N) is 1. The van der Waals surface area contributed by atoms with Crippen LogP contribution in [0.4, 0.5) is 0 Å². The molecule has 3 nitrogen and oxygen atoms in total. The largest absolute Gasteiger partial charge is 0.468 e. The number of hydrogen-bond donors (Lipinski definition) is 2. The highest BCUT2D eigenvalue weighted by Crippen LogP contribution is 2.04. The van der Waals surface area contributed by atoms with Gasteiger partial charge in [0, 0.05) is 6.04 Å². The van der Waals surface area contributed by atoms with Gasteiger partial charge in [0.15, 0.2) is 0 Å². The van der Waals surface area contributed by atoms with E-state index in [2.05, 4.69) is 19.2 Å². The molecule has 0 aliphatic heterocycles. The van der Waals surface area contributed by atoms with Crippen molar-refractivity contribution in [1.29, 1.82) is 0 Å². The molecule has 1 aromatic rings. The van der Waals surface area contributed by atoms with E-state index < -0.39 is 0 Å². The van der Waals surface area contributed by atoms with E-state index in [-0.39, 0.29) is 12.6 Å². The maximum Gasteiger partial charge on any atom is 0.117 e. The maximum atomic E-state index is 9.03. The second-order valence-electron chi connectivity index (χ2n) is 3.49. The molecule has 13 heavy (non-hydrogen) atoms. The summed E-state index contributed by atoms with van der Waals surface area (Å²) in [6.45, 7) is 5.00. The van der Waals surface area contributed by atoms with Gasteiger partial charge in [-0.3, -0.25) is 0 Å². The van der Waals surface area contributed by atoms with Crippen molar-refractivity contribution in [2.45, 2.75) is 26.4 Å². The van der Waals surface area contributed by atoms with Crippen LogP contribution >= 0.6 is 0 Å². The Kier molecular flexibility index (Phi) is 3.99. The van der Waals surface area contributed by atoms with Crippen LogP contribution in [0.3, 0.4) is 0 Å². The van der Waals surface area contributed by atoms with Crippen LogP contribution in [0.15, 0.2) is 22.8 Å². The number of aliphatic hydroxyl groups is 1. The Morgan fingerprint density at radius 3 is 2.77 bits per heavy atom. The fraction of sp³-hybridized carbons (Fsp3) is 0.600. The normalized spacial score (nSPS) is 13.5. The van der Waals surface area contributed by atoms with Gasteiger partial charge in [0.2, 0.25) is 0 Å². The topological polar surface area (TPSA) is 45.4 Å². The van der Waals surface area contributed by atoms with Crippen LogP contribution < -0.4 is 5.32 Å². The van der Waals surface area contributed by atoms with Crippen LogP contribution in [0, 0.1) is 5.92 Å². The van der Waals surface area contributed by atoms with E-state index in [0.717, 1.165) is 5.76 Å². The van der Waals surface area contributed by atoms with Crippen LogP contribution in [0.1, 0.15) is 19.6 Å². The molecule has 1 rings (SSSR count). The summed E-state index contributed by atoms with van der Waals surface area (Å²) in [5, 5.41) is 12.3. The minimum absolute atomic E-state index is 0.144. The van der Waals surface area contributed by atoms with Crippen molar-refractivity contribution in [2.24, 2.45) is 5.92 Å². The molecule has 1 atom stereocenters. The lowest BCUT2D eigenvalue weighted by Gasteiger charge is -2.18. The number of hydrogen-bond acceptors (Lipinski definition) is 3. The molecule has 0 saturated heterocycles. The third kappa shape index (κ3) is 3.20. The van der Waals surface area contributed by atoms with Crippen LogP contribution in [-0.4, -0.2) is 17.8 Å². The predicted molar refractivity (Wildman–Crippen MR) is 51.3 cm³/mol. The van der Waals surface area contributed by atoms with Crippen molar-refractivity contribution in [3.63, 3.8) is 0 Å². The molecule has 0 amide bonds. The van der Waals surface area contributed by atoms with Crippen LogP contribution in [0.5, 0.6) is 0 Å². The Hall–Kier alpha value is -0.800. The molecule has 0 saturated carbocycles. The summed E-state index contributed by atoms with van der Waals surface area (Å²) in [6.07, 6.45) is 1.65. The van der Waals surface area contributed by atoms with Gasteiger partial charge in [-0.1, -0.05) is 13.8 Å². The van der Waals surface area contributed by atoms with E-state index in [9.17, 15) is 0 Å². The number of rotatable bonds is 5. The Morgan fingerprint density at radius 1 is 1.54 bits per heavy atom. The molecule has 0 fully saturated rings. The molecule has 0 aromatic carbocycles. The zero-order valence-electron chi connectivity index (χ0n) is 8.16. The quantitative estimate of drug-likeness (QED) is 0.725. The highest BCUT2D eigenvalue weighted by molar-refractivity contribution is 4.97. The zero-order valence-corrected chi connectivity index (χ0v) is 8.16. The van der Waals surface area contributed by atoms with E-state index in [1.807, 2.05) is 12.1 Å². The van der Waals surface area contributed by atoms with E-state index >= 15 is 0 Å². The predicted octanol–water partition coefficient (Wildman–Crippen LogP) is 1.39. The molecular weight excluding hydrogens is 166 g/mol. The third-order valence-corrected chi connectivity index (χ3v) is 2.12. The van der Waals surface area contributed by atoms with E-state index in [1.165, 1.54) is 0 Å². The van der Waals surface area contributed by atoms with Crippen LogP contribution in [0.25, 0.3) is 0 Å². The Labute approximate surface area is 78.8 Å². The Bertz CT molecular complexity index is 219. The van der Waals surface area contributed by atoms with Gasteiger partial charge in [-0.15, -0.1) is 0 Å². The molecule has 0 radical (unpaired) electrons. The molecule has 0 aliphatic rings. The van der Waals surface area contributed by atoms with Gasteiger partial charge in [-0.05, 0) is 18.1 Å². The van der Waals surface area contributed by atoms with Crippen LogP contribution in [0.2, 0.25) is 0 Å². The molecule has 1 aromatic heterocycles. The van der Waals surface area contributed by atoms with Crippen molar-refractivity contribution in [3.8, 4) is 0 Å². The van der Waals surface area contributed by atoms with Crippen molar-refractivity contribution < 1.29 is 9.52 Å². The van der Waals surface area contributed by atoms with Gasteiger partial charge in [-0.25, -0.2) is 0 Å². The maximum absolute atomic E-state index is 9.03. The smallest absolute Gasteiger partial charge is 0.117 e. The first-order chi connectivity index (χ1) is 6.24. The molecule has 0 unspecified atom stereocenters. The monoisotopic (exact) mass is 183 g/mol. The highest BCUT2D eigenvalue weighted by atomic mass is 16.3. The second kappa shape index (κ2) is 5.04. The summed E-state index contributed by atoms with van der Waals surface area (Å²) in [5.41, 5.74) is 0. The number of aliphatic hydroxyl groups excluding tert-OH is 1. The molecule has 0 spiro atoms. The molecule has 0 aliphatic carbocycles. The Morgan fingerprint density at radius 2 is 2.31 bits per heavy atom. The average Bonchev–Trinajstić information content (AvgIpc) is 2.57. The fourth-order valence-electron chi connectivity index (χ4n) is 1.16. The first kappa shape index (κ1) is 10.3. The second-order valence-corrected chi connectivity index (χ2v) is 3.49. The standard InChI is InChI=1S/C10H17NO2/c1-8(2)10(7-12)11-6-9-4-3-5-13-9/h3-5,8,10-12H,6-7H2,1-2H3/t10-/m1/s1. The van der Waals surface area contributed by atoms with E-state index in [0.29, 0.717) is 12.5 Å². The van der Waals surface area contributed by atoms with E-state index in [1.54, 1.807) is 6.26 Å². The summed E-state index contributed by atoms with van der Waals surface area (Å²) in [5.74, 6) is 1.33. The van der Waals surface area contributed by atoms with Gasteiger partial charge < -0.3 is 14.8 Å². The van der Waals surface area contributed by atoms with Gasteiger partial charge in [-0.2, -0.15) is 0 Å². The first-order valence-corrected chi connectivity index (χ1v) is 4.60. The molecule has 1 heterocycles. The lowest BCUT2D eigenvalue weighted by atomic mass is 10.1. The SMILES string of the molecule is CC(C)[C@@H](CO)NCc1ccco1. The summed E-state index contributed by atoms with van der Waals surface area (Å²) in [4.78, 5) is 0. The molecule has 3 heteroatoms. The fourth-order valence-corrected chi connectivity index (χ4v) is 1.16. The summed E-state index contributed by atoms with van der Waals surface area (Å²) in [6, 6.07) is 3.92. The van der Waals surface area contributed by atoms with Gasteiger partial charge in [0.05, 0.1) is 19.4 Å². The van der Waals surface area contributed by atoms with Crippen molar-refractivity contribution >= 4 is 0 Å². The minimum Gasteiger partial charge on any atom is -0.468 e. The minimum atomic E-state index is 0.144. The van der Waals surface area contributed by atoms with Gasteiger partial charge in [0.25, 0.3) is 0 Å². The van der Waals surface area contributed by atoms with Gasteiger partial charge in [0.1, 0.15) is 5.76 Å². The molecule has 0 bridgehead atoms. The lowest BCUT2D eigenvalue weighted by molar-refractivity contribution is 0.207. The average molecular weight is 183 g/mol. The van der Waals surface area contributed by atoms with Crippen molar-refractivity contribution in [2.75, 3.05) is 6.61 Å². The lowest BCUT2D eigenvalue weighted by Crippen LogP contribution is -2.36. The summed E-state index contributed by atoms with van der Waals surface area (Å²) in [7, 11) is 0. The number of furan rings is 1. The molecule has 74 valence electrons. The van der Waals surface area contributed by atoms with Crippen molar-refractivity contribution in [1.82, 2.24) is 5.32 Å². The Balaban J connectivity index is 2.32. The summed E-state index contributed by atoms with van der Waals surface area (Å²) >= 11 is 0. The van der Waals surface area contributed by atoms with Crippen molar-refractivity contribution in [3.05, 3.63) is 24.2 Å².